The molecule has 0 saturated carbocycles. The predicted molar refractivity (Wildman–Crippen MR) is 81.5 cm³/mol. The molecule has 1 aromatic heterocycles. The summed E-state index contributed by atoms with van der Waals surface area (Å²) in [5, 5.41) is 3.38. The number of alkyl halides is 3. The van der Waals surface area contributed by atoms with Gasteiger partial charge in [0.05, 0.1) is 19.4 Å². The lowest BCUT2D eigenvalue weighted by Crippen LogP contribution is -2.46. The third-order valence-electron chi connectivity index (χ3n) is 3.25. The van der Waals surface area contributed by atoms with Crippen LogP contribution in [0.1, 0.15) is 38.5 Å². The molecule has 1 amide bonds. The molecule has 0 bridgehead atoms. The van der Waals surface area contributed by atoms with Gasteiger partial charge in [-0.25, -0.2) is 14.5 Å². The van der Waals surface area contributed by atoms with E-state index in [0.717, 1.165) is 15.8 Å². The lowest BCUT2D eigenvalue weighted by Gasteiger charge is -2.35. The van der Waals surface area contributed by atoms with Gasteiger partial charge in [0.2, 0.25) is 0 Å². The van der Waals surface area contributed by atoms with Gasteiger partial charge >= 0.3 is 12.3 Å². The van der Waals surface area contributed by atoms with Crippen LogP contribution in [0.15, 0.2) is 0 Å². The standard InChI is InChI=1S/C13H19F3N4O5S/c1-12(2,3)25-11(21)19-5-6-20-9(8(19)7-24-26(4,22)23)17-10(18-20)13(14,15)16/h8H,5-7H2,1-4H3. The van der Waals surface area contributed by atoms with Gasteiger partial charge in [0.1, 0.15) is 11.6 Å². The van der Waals surface area contributed by atoms with E-state index in [9.17, 15) is 26.4 Å². The zero-order valence-corrected chi connectivity index (χ0v) is 15.4. The molecule has 26 heavy (non-hydrogen) atoms. The summed E-state index contributed by atoms with van der Waals surface area (Å²) in [6.07, 6.45) is -4.80. The molecule has 2 heterocycles. The number of rotatable bonds is 3. The third-order valence-corrected chi connectivity index (χ3v) is 3.81. The van der Waals surface area contributed by atoms with Crippen LogP contribution in [-0.4, -0.2) is 59.2 Å². The van der Waals surface area contributed by atoms with Gasteiger partial charge in [-0.05, 0) is 20.8 Å². The summed E-state index contributed by atoms with van der Waals surface area (Å²) < 4.78 is 72.1. The number of aromatic nitrogens is 3. The summed E-state index contributed by atoms with van der Waals surface area (Å²) in [5.41, 5.74) is -0.846. The average Bonchev–Trinajstić information content (AvgIpc) is 2.85. The number of amides is 1. The summed E-state index contributed by atoms with van der Waals surface area (Å²) in [7, 11) is -3.89. The number of fused-ring (bicyclic) bond motifs is 1. The van der Waals surface area contributed by atoms with Crippen LogP contribution in [0.2, 0.25) is 0 Å². The Morgan fingerprint density at radius 3 is 2.38 bits per heavy atom. The Kier molecular flexibility index (Phi) is 5.25. The molecule has 148 valence electrons. The first kappa shape index (κ1) is 20.4. The van der Waals surface area contributed by atoms with Gasteiger partial charge in [-0.1, -0.05) is 0 Å². The number of carbonyl (C=O) groups is 1. The minimum absolute atomic E-state index is 0.0413. The fourth-order valence-electron chi connectivity index (χ4n) is 2.27. The SMILES string of the molecule is CC(C)(C)OC(=O)N1CCn2nc(C(F)(F)F)nc2C1COS(C)(=O)=O. The molecule has 13 heteroatoms. The lowest BCUT2D eigenvalue weighted by atomic mass is 10.2. The second-order valence-corrected chi connectivity index (χ2v) is 8.34. The molecule has 0 radical (unpaired) electrons. The van der Waals surface area contributed by atoms with Gasteiger partial charge in [-0.3, -0.25) is 9.08 Å². The van der Waals surface area contributed by atoms with Gasteiger partial charge in [-0.15, -0.1) is 5.10 Å². The molecular formula is C13H19F3N4O5S. The topological polar surface area (TPSA) is 104 Å². The Hall–Kier alpha value is -1.89. The summed E-state index contributed by atoms with van der Waals surface area (Å²) >= 11 is 0. The molecule has 0 saturated heterocycles. The number of nitrogens with zero attached hydrogens (tertiary/aromatic N) is 4. The van der Waals surface area contributed by atoms with Crippen LogP contribution in [0.3, 0.4) is 0 Å². The summed E-state index contributed by atoms with van der Waals surface area (Å²) in [5.74, 6) is -1.60. The van der Waals surface area contributed by atoms with Crippen molar-refractivity contribution in [2.24, 2.45) is 0 Å². The smallest absolute Gasteiger partial charge is 0.444 e. The van der Waals surface area contributed by atoms with Crippen LogP contribution in [0.4, 0.5) is 18.0 Å². The summed E-state index contributed by atoms with van der Waals surface area (Å²) in [6, 6.07) is -1.20. The third kappa shape index (κ3) is 5.06. The fraction of sp³-hybridized carbons (Fsp3) is 0.769. The molecule has 1 atom stereocenters. The van der Waals surface area contributed by atoms with Crippen molar-refractivity contribution in [3.63, 3.8) is 0 Å². The molecular weight excluding hydrogens is 381 g/mol. The molecule has 1 unspecified atom stereocenters. The van der Waals surface area contributed by atoms with Crippen LogP contribution >= 0.6 is 0 Å². The summed E-state index contributed by atoms with van der Waals surface area (Å²) in [6.45, 7) is 4.19. The number of halogens is 3. The molecule has 2 rings (SSSR count). The van der Waals surface area contributed by atoms with E-state index in [0.29, 0.717) is 0 Å². The van der Waals surface area contributed by atoms with Crippen molar-refractivity contribution in [3.8, 4) is 0 Å². The van der Waals surface area contributed by atoms with Crippen LogP contribution in [0.5, 0.6) is 0 Å². The second-order valence-electron chi connectivity index (χ2n) is 6.69. The zero-order valence-electron chi connectivity index (χ0n) is 14.6. The number of ether oxygens (including phenoxy) is 1. The lowest BCUT2D eigenvalue weighted by molar-refractivity contribution is -0.145. The zero-order chi connectivity index (χ0) is 19.9. The van der Waals surface area contributed by atoms with E-state index in [1.165, 1.54) is 0 Å². The highest BCUT2D eigenvalue weighted by molar-refractivity contribution is 7.85. The van der Waals surface area contributed by atoms with E-state index in [1.807, 2.05) is 0 Å². The monoisotopic (exact) mass is 400 g/mol. The van der Waals surface area contributed by atoms with Crippen LogP contribution < -0.4 is 0 Å². The summed E-state index contributed by atoms with van der Waals surface area (Å²) in [4.78, 5) is 16.9. The van der Waals surface area contributed by atoms with Crippen LogP contribution in [0.25, 0.3) is 0 Å². The highest BCUT2D eigenvalue weighted by Crippen LogP contribution is 2.31. The highest BCUT2D eigenvalue weighted by atomic mass is 32.2. The predicted octanol–water partition coefficient (Wildman–Crippen LogP) is 1.56. The van der Waals surface area contributed by atoms with Crippen molar-refractivity contribution in [1.82, 2.24) is 19.7 Å². The van der Waals surface area contributed by atoms with Crippen LogP contribution in [-0.2, 0) is 31.8 Å². The van der Waals surface area contributed by atoms with Crippen molar-refractivity contribution in [2.75, 3.05) is 19.4 Å². The molecule has 0 N–H and O–H groups in total. The van der Waals surface area contributed by atoms with E-state index in [-0.39, 0.29) is 18.9 Å². The molecule has 0 fully saturated rings. The molecule has 0 aliphatic carbocycles. The van der Waals surface area contributed by atoms with E-state index < -0.39 is 46.5 Å². The van der Waals surface area contributed by atoms with Crippen molar-refractivity contribution in [1.29, 1.82) is 0 Å². The minimum Gasteiger partial charge on any atom is -0.444 e. The van der Waals surface area contributed by atoms with Crippen molar-refractivity contribution in [2.45, 2.75) is 45.1 Å². The van der Waals surface area contributed by atoms with Crippen LogP contribution in [0, 0.1) is 0 Å². The number of hydrogen-bond donors (Lipinski definition) is 0. The van der Waals surface area contributed by atoms with Gasteiger partial charge in [-0.2, -0.15) is 21.6 Å². The van der Waals surface area contributed by atoms with E-state index in [1.54, 1.807) is 20.8 Å². The first-order valence-corrected chi connectivity index (χ1v) is 9.35. The van der Waals surface area contributed by atoms with Crippen molar-refractivity contribution >= 4 is 16.2 Å². The normalized spacial score (nSPS) is 18.6. The van der Waals surface area contributed by atoms with E-state index in [2.05, 4.69) is 10.1 Å². The van der Waals surface area contributed by atoms with Gasteiger partial charge in [0, 0.05) is 6.54 Å². The Morgan fingerprint density at radius 1 is 1.27 bits per heavy atom. The molecule has 1 aliphatic rings. The largest absolute Gasteiger partial charge is 0.453 e. The minimum atomic E-state index is -4.77. The van der Waals surface area contributed by atoms with E-state index >= 15 is 0 Å². The highest BCUT2D eigenvalue weighted by Gasteiger charge is 2.42. The second kappa shape index (κ2) is 6.68. The van der Waals surface area contributed by atoms with Gasteiger partial charge < -0.3 is 4.74 Å². The van der Waals surface area contributed by atoms with Crippen molar-refractivity contribution < 1.29 is 35.3 Å². The quantitative estimate of drug-likeness (QED) is 0.710. The molecule has 1 aromatic rings. The molecule has 9 nitrogen and oxygen atoms in total. The number of carbonyl (C=O) groups excluding carboxylic acids is 1. The Morgan fingerprint density at radius 2 is 1.88 bits per heavy atom. The molecule has 1 aliphatic heterocycles. The fourth-order valence-corrected chi connectivity index (χ4v) is 2.65. The first-order chi connectivity index (χ1) is 11.7. The maximum Gasteiger partial charge on any atom is 0.453 e. The maximum absolute atomic E-state index is 12.9. The molecule has 0 spiro atoms. The first-order valence-electron chi connectivity index (χ1n) is 7.53. The number of hydrogen-bond acceptors (Lipinski definition) is 7. The Balaban J connectivity index is 2.38. The van der Waals surface area contributed by atoms with Crippen molar-refractivity contribution in [3.05, 3.63) is 11.6 Å². The molecule has 0 aromatic carbocycles. The maximum atomic E-state index is 12.9. The Labute approximate surface area is 148 Å². The van der Waals surface area contributed by atoms with E-state index in [4.69, 9.17) is 8.92 Å². The Bertz CT molecular complexity index is 785. The average molecular weight is 400 g/mol. The van der Waals surface area contributed by atoms with Gasteiger partial charge in [0.15, 0.2) is 5.82 Å². The van der Waals surface area contributed by atoms with Gasteiger partial charge in [0.25, 0.3) is 15.9 Å².